The minimum atomic E-state index is 0.102. The third-order valence-corrected chi connectivity index (χ3v) is 1.97. The molecule has 0 saturated heterocycles. The minimum Gasteiger partial charge on any atom is -0.376 e. The summed E-state index contributed by atoms with van der Waals surface area (Å²) in [6.45, 7) is 13.2. The maximum Gasteiger partial charge on any atom is 0.0781 e. The highest BCUT2D eigenvalue weighted by Crippen LogP contribution is 1.95. The van der Waals surface area contributed by atoms with Crippen LogP contribution in [0.3, 0.4) is 0 Å². The van der Waals surface area contributed by atoms with Crippen molar-refractivity contribution in [1.82, 2.24) is 0 Å². The SMILES string of the molecule is CC(C)OCCOCC(C)OCCOC(C)C. The largest absolute Gasteiger partial charge is 0.376 e. The highest BCUT2D eigenvalue weighted by atomic mass is 16.6. The van der Waals surface area contributed by atoms with Gasteiger partial charge in [-0.25, -0.2) is 0 Å². The Morgan fingerprint density at radius 2 is 1.12 bits per heavy atom. The van der Waals surface area contributed by atoms with E-state index in [0.717, 1.165) is 0 Å². The fourth-order valence-corrected chi connectivity index (χ4v) is 1.17. The van der Waals surface area contributed by atoms with Crippen LogP contribution in [0, 0.1) is 0 Å². The predicted octanol–water partition coefficient (Wildman–Crippen LogP) is 2.26. The van der Waals surface area contributed by atoms with E-state index in [-0.39, 0.29) is 18.3 Å². The smallest absolute Gasteiger partial charge is 0.0781 e. The van der Waals surface area contributed by atoms with Gasteiger partial charge < -0.3 is 18.9 Å². The summed E-state index contributed by atoms with van der Waals surface area (Å²) in [5.74, 6) is 0. The maximum absolute atomic E-state index is 5.53. The first kappa shape index (κ1) is 16.8. The van der Waals surface area contributed by atoms with Gasteiger partial charge in [0.25, 0.3) is 0 Å². The number of ether oxygens (including phenoxy) is 4. The third kappa shape index (κ3) is 13.8. The summed E-state index contributed by atoms with van der Waals surface area (Å²) in [5.41, 5.74) is 0. The molecule has 0 aliphatic carbocycles. The molecule has 17 heavy (non-hydrogen) atoms. The quantitative estimate of drug-likeness (QED) is 0.526. The first-order chi connectivity index (χ1) is 8.02. The van der Waals surface area contributed by atoms with Crippen molar-refractivity contribution in [2.24, 2.45) is 0 Å². The lowest BCUT2D eigenvalue weighted by molar-refractivity contribution is -0.0504. The number of hydrogen-bond acceptors (Lipinski definition) is 4. The zero-order valence-electron chi connectivity index (χ0n) is 11.9. The van der Waals surface area contributed by atoms with E-state index in [0.29, 0.717) is 33.0 Å². The van der Waals surface area contributed by atoms with Gasteiger partial charge in [-0.3, -0.25) is 0 Å². The van der Waals surface area contributed by atoms with Crippen LogP contribution in [0.25, 0.3) is 0 Å². The van der Waals surface area contributed by atoms with Gasteiger partial charge in [-0.1, -0.05) is 0 Å². The predicted molar refractivity (Wildman–Crippen MR) is 68.4 cm³/mol. The zero-order chi connectivity index (χ0) is 13.1. The van der Waals surface area contributed by atoms with E-state index in [9.17, 15) is 0 Å². The summed E-state index contributed by atoms with van der Waals surface area (Å²) < 4.78 is 21.7. The maximum atomic E-state index is 5.53. The second kappa shape index (κ2) is 11.0. The summed E-state index contributed by atoms with van der Waals surface area (Å²) in [7, 11) is 0. The van der Waals surface area contributed by atoms with Crippen LogP contribution < -0.4 is 0 Å². The van der Waals surface area contributed by atoms with Crippen molar-refractivity contribution < 1.29 is 18.9 Å². The van der Waals surface area contributed by atoms with Crippen molar-refractivity contribution in [3.8, 4) is 0 Å². The molecule has 0 aliphatic heterocycles. The van der Waals surface area contributed by atoms with Crippen LogP contribution in [-0.4, -0.2) is 51.3 Å². The Morgan fingerprint density at radius 3 is 1.65 bits per heavy atom. The van der Waals surface area contributed by atoms with Crippen LogP contribution in [0.4, 0.5) is 0 Å². The van der Waals surface area contributed by atoms with E-state index >= 15 is 0 Å². The van der Waals surface area contributed by atoms with Gasteiger partial charge in [0.15, 0.2) is 0 Å². The van der Waals surface area contributed by atoms with Gasteiger partial charge in [0.1, 0.15) is 0 Å². The standard InChI is InChI=1S/C13H28O4/c1-11(2)15-7-6-14-10-13(5)17-9-8-16-12(3)4/h11-13H,6-10H2,1-5H3. The van der Waals surface area contributed by atoms with Gasteiger partial charge >= 0.3 is 0 Å². The van der Waals surface area contributed by atoms with Crippen LogP contribution in [0.15, 0.2) is 0 Å². The van der Waals surface area contributed by atoms with E-state index < -0.39 is 0 Å². The highest BCUT2D eigenvalue weighted by Gasteiger charge is 2.03. The molecule has 0 bridgehead atoms. The summed E-state index contributed by atoms with van der Waals surface area (Å²) in [6.07, 6.45) is 0.628. The van der Waals surface area contributed by atoms with Gasteiger partial charge in [0.2, 0.25) is 0 Å². The molecule has 4 nitrogen and oxygen atoms in total. The van der Waals surface area contributed by atoms with E-state index in [1.54, 1.807) is 0 Å². The zero-order valence-corrected chi connectivity index (χ0v) is 11.9. The molecule has 104 valence electrons. The van der Waals surface area contributed by atoms with Crippen LogP contribution >= 0.6 is 0 Å². The van der Waals surface area contributed by atoms with Gasteiger partial charge in [-0.05, 0) is 34.6 Å². The molecular weight excluding hydrogens is 220 g/mol. The first-order valence-electron chi connectivity index (χ1n) is 6.45. The van der Waals surface area contributed by atoms with Crippen LogP contribution in [-0.2, 0) is 18.9 Å². The molecule has 1 unspecified atom stereocenters. The Morgan fingerprint density at radius 1 is 0.647 bits per heavy atom. The molecule has 4 heteroatoms. The molecule has 0 fully saturated rings. The number of hydrogen-bond donors (Lipinski definition) is 0. The third-order valence-electron chi connectivity index (χ3n) is 1.97. The molecule has 0 aromatic heterocycles. The highest BCUT2D eigenvalue weighted by molar-refractivity contribution is 4.48. The summed E-state index contributed by atoms with van der Waals surface area (Å²) in [4.78, 5) is 0. The lowest BCUT2D eigenvalue weighted by Crippen LogP contribution is -2.21. The second-order valence-electron chi connectivity index (χ2n) is 4.60. The average molecular weight is 248 g/mol. The topological polar surface area (TPSA) is 36.9 Å². The summed E-state index contributed by atoms with van der Waals surface area (Å²) in [5, 5.41) is 0. The fourth-order valence-electron chi connectivity index (χ4n) is 1.17. The first-order valence-corrected chi connectivity index (χ1v) is 6.45. The fraction of sp³-hybridized carbons (Fsp3) is 1.00. The molecule has 0 aliphatic rings. The molecule has 0 saturated carbocycles. The second-order valence-corrected chi connectivity index (χ2v) is 4.60. The van der Waals surface area contributed by atoms with E-state index in [2.05, 4.69) is 0 Å². The molecule has 0 aromatic rings. The van der Waals surface area contributed by atoms with E-state index in [4.69, 9.17) is 18.9 Å². The Hall–Kier alpha value is -0.160. The molecular formula is C13H28O4. The van der Waals surface area contributed by atoms with Gasteiger partial charge in [0.05, 0.1) is 51.3 Å². The van der Waals surface area contributed by atoms with Gasteiger partial charge in [-0.15, -0.1) is 0 Å². The molecule has 0 aromatic carbocycles. The molecule has 0 N–H and O–H groups in total. The molecule has 0 rings (SSSR count). The van der Waals surface area contributed by atoms with Crippen molar-refractivity contribution >= 4 is 0 Å². The van der Waals surface area contributed by atoms with Crippen molar-refractivity contribution in [3.63, 3.8) is 0 Å². The molecule has 1 atom stereocenters. The van der Waals surface area contributed by atoms with Gasteiger partial charge in [0, 0.05) is 0 Å². The Labute approximate surface area is 106 Å². The minimum absolute atomic E-state index is 0.102. The van der Waals surface area contributed by atoms with Crippen LogP contribution in [0.1, 0.15) is 34.6 Å². The lowest BCUT2D eigenvalue weighted by Gasteiger charge is -2.15. The van der Waals surface area contributed by atoms with Crippen molar-refractivity contribution in [3.05, 3.63) is 0 Å². The molecule has 0 radical (unpaired) electrons. The summed E-state index contributed by atoms with van der Waals surface area (Å²) in [6, 6.07) is 0. The normalized spacial score (nSPS) is 13.6. The Bertz CT molecular complexity index is 159. The van der Waals surface area contributed by atoms with E-state index in [1.807, 2.05) is 34.6 Å². The van der Waals surface area contributed by atoms with Crippen molar-refractivity contribution in [2.45, 2.75) is 52.9 Å². The Balaban J connectivity index is 3.20. The molecule has 0 spiro atoms. The average Bonchev–Trinajstić information content (AvgIpc) is 2.23. The van der Waals surface area contributed by atoms with Crippen LogP contribution in [0.2, 0.25) is 0 Å². The summed E-state index contributed by atoms with van der Waals surface area (Å²) >= 11 is 0. The van der Waals surface area contributed by atoms with Gasteiger partial charge in [-0.2, -0.15) is 0 Å². The lowest BCUT2D eigenvalue weighted by atomic mass is 10.4. The molecule has 0 amide bonds. The van der Waals surface area contributed by atoms with E-state index in [1.165, 1.54) is 0 Å². The number of rotatable bonds is 11. The Kier molecular flexibility index (Phi) is 10.9. The van der Waals surface area contributed by atoms with Crippen LogP contribution in [0.5, 0.6) is 0 Å². The van der Waals surface area contributed by atoms with Crippen molar-refractivity contribution in [2.75, 3.05) is 33.0 Å². The van der Waals surface area contributed by atoms with Crippen molar-refractivity contribution in [1.29, 1.82) is 0 Å². The molecule has 0 heterocycles. The monoisotopic (exact) mass is 248 g/mol.